The van der Waals surface area contributed by atoms with Gasteiger partial charge in [0, 0.05) is 12.0 Å². The van der Waals surface area contributed by atoms with E-state index in [1.165, 1.54) is 0 Å². The van der Waals surface area contributed by atoms with Crippen LogP contribution in [0.25, 0.3) is 0 Å². The highest BCUT2D eigenvalue weighted by Gasteiger charge is 2.35. The van der Waals surface area contributed by atoms with Gasteiger partial charge in [-0.05, 0) is 56.9 Å². The monoisotopic (exact) mass is 381 g/mol. The lowest BCUT2D eigenvalue weighted by Crippen LogP contribution is -2.44. The number of carbonyl (C=O) groups excluding carboxylic acids is 1. The zero-order valence-electron chi connectivity index (χ0n) is 17.7. The van der Waals surface area contributed by atoms with Crippen LogP contribution >= 0.6 is 0 Å². The highest BCUT2D eigenvalue weighted by atomic mass is 16.5. The van der Waals surface area contributed by atoms with Crippen LogP contribution in [0.15, 0.2) is 42.5 Å². The highest BCUT2D eigenvalue weighted by molar-refractivity contribution is 5.81. The molecule has 1 heterocycles. The van der Waals surface area contributed by atoms with Gasteiger partial charge in [0.2, 0.25) is 0 Å². The van der Waals surface area contributed by atoms with Crippen molar-refractivity contribution in [3.8, 4) is 11.5 Å². The number of carbonyl (C=O) groups is 1. The number of nitrogens with one attached hydrogen (secondary N) is 1. The van der Waals surface area contributed by atoms with Crippen molar-refractivity contribution < 1.29 is 14.3 Å². The number of hydrogen-bond donors (Lipinski definition) is 1. The molecule has 2 aromatic rings. The molecule has 150 valence electrons. The third-order valence-corrected chi connectivity index (χ3v) is 5.16. The molecule has 1 N–H and O–H groups in total. The third kappa shape index (κ3) is 4.49. The summed E-state index contributed by atoms with van der Waals surface area (Å²) in [5.41, 5.74) is 2.93. The summed E-state index contributed by atoms with van der Waals surface area (Å²) in [5, 5.41) is 3.17. The van der Waals surface area contributed by atoms with Gasteiger partial charge in [0.25, 0.3) is 5.91 Å². The van der Waals surface area contributed by atoms with Crippen molar-refractivity contribution in [2.75, 3.05) is 0 Å². The minimum Gasteiger partial charge on any atom is -0.487 e. The van der Waals surface area contributed by atoms with Crippen LogP contribution in [0.2, 0.25) is 0 Å². The molecule has 1 aliphatic rings. The second kappa shape index (κ2) is 7.86. The largest absolute Gasteiger partial charge is 0.487 e. The van der Waals surface area contributed by atoms with Crippen molar-refractivity contribution >= 4 is 5.91 Å². The average molecular weight is 382 g/mol. The van der Waals surface area contributed by atoms with E-state index >= 15 is 0 Å². The fourth-order valence-electron chi connectivity index (χ4n) is 3.69. The van der Waals surface area contributed by atoms with Gasteiger partial charge in [-0.25, -0.2) is 0 Å². The van der Waals surface area contributed by atoms with E-state index in [1.807, 2.05) is 43.3 Å². The number of amides is 1. The SMILES string of the molecule is Cc1ccc2c(c1)OC(C)(C)C[C@@H]2NC(=O)[C@H](C)Oc1ccccc1C(C)C. The number of ether oxygens (including phenoxy) is 2. The van der Waals surface area contributed by atoms with Gasteiger partial charge in [-0.2, -0.15) is 0 Å². The summed E-state index contributed by atoms with van der Waals surface area (Å²) in [6.07, 6.45) is 0.129. The van der Waals surface area contributed by atoms with E-state index in [0.717, 1.165) is 28.2 Å². The molecule has 2 aromatic carbocycles. The molecule has 0 saturated heterocycles. The van der Waals surface area contributed by atoms with E-state index in [1.54, 1.807) is 6.92 Å². The molecule has 0 spiro atoms. The molecule has 3 rings (SSSR count). The Morgan fingerprint density at radius 1 is 1.18 bits per heavy atom. The Kier molecular flexibility index (Phi) is 5.69. The Morgan fingerprint density at radius 3 is 2.61 bits per heavy atom. The van der Waals surface area contributed by atoms with Crippen LogP contribution in [0.3, 0.4) is 0 Å². The Hall–Kier alpha value is -2.49. The first-order valence-electron chi connectivity index (χ1n) is 10.0. The predicted octanol–water partition coefficient (Wildman–Crippen LogP) is 5.30. The van der Waals surface area contributed by atoms with Gasteiger partial charge < -0.3 is 14.8 Å². The normalized spacial score (nSPS) is 18.8. The third-order valence-electron chi connectivity index (χ3n) is 5.16. The van der Waals surface area contributed by atoms with E-state index in [0.29, 0.717) is 12.3 Å². The first-order valence-corrected chi connectivity index (χ1v) is 10.0. The van der Waals surface area contributed by atoms with Crippen LogP contribution in [0.5, 0.6) is 11.5 Å². The number of benzene rings is 2. The molecule has 2 atom stereocenters. The summed E-state index contributed by atoms with van der Waals surface area (Å²) in [6.45, 7) is 12.2. The van der Waals surface area contributed by atoms with Crippen LogP contribution in [0.1, 0.15) is 69.7 Å². The van der Waals surface area contributed by atoms with Crippen LogP contribution in [-0.2, 0) is 4.79 Å². The average Bonchev–Trinajstić information content (AvgIpc) is 2.60. The molecule has 0 saturated carbocycles. The lowest BCUT2D eigenvalue weighted by molar-refractivity contribution is -0.128. The lowest BCUT2D eigenvalue weighted by atomic mass is 9.89. The zero-order chi connectivity index (χ0) is 20.5. The number of para-hydroxylation sites is 1. The molecule has 4 heteroatoms. The Bertz CT molecular complexity index is 857. The number of rotatable bonds is 5. The van der Waals surface area contributed by atoms with Gasteiger partial charge in [-0.1, -0.05) is 44.2 Å². The van der Waals surface area contributed by atoms with Gasteiger partial charge >= 0.3 is 0 Å². The summed E-state index contributed by atoms with van der Waals surface area (Å²) >= 11 is 0. The minimum atomic E-state index is -0.584. The second-order valence-electron chi connectivity index (χ2n) is 8.62. The fraction of sp³-hybridized carbons (Fsp3) is 0.458. The van der Waals surface area contributed by atoms with Gasteiger partial charge in [-0.3, -0.25) is 4.79 Å². The van der Waals surface area contributed by atoms with Crippen molar-refractivity contribution in [1.29, 1.82) is 0 Å². The maximum Gasteiger partial charge on any atom is 0.261 e. The lowest BCUT2D eigenvalue weighted by Gasteiger charge is -2.38. The zero-order valence-corrected chi connectivity index (χ0v) is 17.7. The first kappa shape index (κ1) is 20.2. The van der Waals surface area contributed by atoms with Crippen molar-refractivity contribution in [3.63, 3.8) is 0 Å². The first-order chi connectivity index (χ1) is 13.2. The Morgan fingerprint density at radius 2 is 1.89 bits per heavy atom. The van der Waals surface area contributed by atoms with Crippen LogP contribution in [0, 0.1) is 6.92 Å². The number of aryl methyl sites for hydroxylation is 1. The Balaban J connectivity index is 1.76. The van der Waals surface area contributed by atoms with Crippen molar-refractivity contribution in [2.24, 2.45) is 0 Å². The predicted molar refractivity (Wildman–Crippen MR) is 112 cm³/mol. The van der Waals surface area contributed by atoms with Gasteiger partial charge in [-0.15, -0.1) is 0 Å². The quantitative estimate of drug-likeness (QED) is 0.764. The van der Waals surface area contributed by atoms with Crippen LogP contribution < -0.4 is 14.8 Å². The highest BCUT2D eigenvalue weighted by Crippen LogP contribution is 2.40. The molecule has 0 radical (unpaired) electrons. The molecular formula is C24H31NO3. The van der Waals surface area contributed by atoms with Crippen molar-refractivity contribution in [1.82, 2.24) is 5.32 Å². The van der Waals surface area contributed by atoms with Crippen molar-refractivity contribution in [2.45, 2.75) is 71.6 Å². The molecule has 0 fully saturated rings. The molecule has 0 unspecified atom stereocenters. The minimum absolute atomic E-state index is 0.0988. The summed E-state index contributed by atoms with van der Waals surface area (Å²) < 4.78 is 12.2. The maximum atomic E-state index is 12.9. The standard InChI is InChI=1S/C24H31NO3/c1-15(2)18-9-7-8-10-21(18)27-17(4)23(26)25-20-14-24(5,6)28-22-13-16(3)11-12-19(20)22/h7-13,15,17,20H,14H2,1-6H3,(H,25,26)/t17-,20-/m0/s1. The second-order valence-corrected chi connectivity index (χ2v) is 8.62. The summed E-state index contributed by atoms with van der Waals surface area (Å²) in [6, 6.07) is 13.9. The smallest absolute Gasteiger partial charge is 0.261 e. The van der Waals surface area contributed by atoms with Gasteiger partial charge in [0.05, 0.1) is 6.04 Å². The fourth-order valence-corrected chi connectivity index (χ4v) is 3.69. The molecule has 0 aliphatic carbocycles. The summed E-state index contributed by atoms with van der Waals surface area (Å²) in [4.78, 5) is 12.9. The van der Waals surface area contributed by atoms with Crippen LogP contribution in [-0.4, -0.2) is 17.6 Å². The molecule has 28 heavy (non-hydrogen) atoms. The van der Waals surface area contributed by atoms with Gasteiger partial charge in [0.1, 0.15) is 17.1 Å². The van der Waals surface area contributed by atoms with E-state index in [2.05, 4.69) is 39.1 Å². The maximum absolute atomic E-state index is 12.9. The van der Waals surface area contributed by atoms with E-state index in [-0.39, 0.29) is 17.6 Å². The van der Waals surface area contributed by atoms with E-state index in [4.69, 9.17) is 9.47 Å². The van der Waals surface area contributed by atoms with Gasteiger partial charge in [0.15, 0.2) is 6.10 Å². The van der Waals surface area contributed by atoms with Crippen molar-refractivity contribution in [3.05, 3.63) is 59.2 Å². The molecule has 0 aromatic heterocycles. The molecule has 1 amide bonds. The molecule has 4 nitrogen and oxygen atoms in total. The number of hydrogen-bond acceptors (Lipinski definition) is 3. The van der Waals surface area contributed by atoms with E-state index in [9.17, 15) is 4.79 Å². The van der Waals surface area contributed by atoms with E-state index < -0.39 is 6.10 Å². The molecular weight excluding hydrogens is 350 g/mol. The topological polar surface area (TPSA) is 47.6 Å². The number of fused-ring (bicyclic) bond motifs is 1. The molecule has 0 bridgehead atoms. The Labute approximate surface area is 168 Å². The summed E-state index contributed by atoms with van der Waals surface area (Å²) in [7, 11) is 0. The van der Waals surface area contributed by atoms with Crippen LogP contribution in [0.4, 0.5) is 0 Å². The summed E-state index contributed by atoms with van der Waals surface area (Å²) in [5.74, 6) is 1.83. The molecule has 1 aliphatic heterocycles.